The van der Waals surface area contributed by atoms with Gasteiger partial charge in [-0.2, -0.15) is 10.4 Å². The van der Waals surface area contributed by atoms with E-state index in [4.69, 9.17) is 0 Å². The second-order valence-corrected chi connectivity index (χ2v) is 8.50. The summed E-state index contributed by atoms with van der Waals surface area (Å²) < 4.78 is 3.11. The van der Waals surface area contributed by atoms with Crippen molar-refractivity contribution in [2.75, 3.05) is 11.1 Å². The zero-order valence-electron chi connectivity index (χ0n) is 17.4. The van der Waals surface area contributed by atoms with Crippen LogP contribution in [-0.4, -0.2) is 35.9 Å². The molecule has 2 aromatic heterocycles. The molecule has 0 bridgehead atoms. The first-order valence-electron chi connectivity index (χ1n) is 10.1. The van der Waals surface area contributed by atoms with Gasteiger partial charge in [0, 0.05) is 24.3 Å². The highest BCUT2D eigenvalue weighted by atomic mass is 32.2. The number of aromatic nitrogens is 4. The number of fused-ring (bicyclic) bond motifs is 2. The molecule has 0 saturated carbocycles. The molecule has 1 aliphatic rings. The largest absolute Gasteiger partial charge is 0.325 e. The van der Waals surface area contributed by atoms with Crippen molar-refractivity contribution in [3.05, 3.63) is 80.8 Å². The van der Waals surface area contributed by atoms with E-state index in [0.717, 1.165) is 11.8 Å². The summed E-state index contributed by atoms with van der Waals surface area (Å²) in [5, 5.41) is 28.0. The molecule has 2 aromatic carbocycles. The van der Waals surface area contributed by atoms with Crippen molar-refractivity contribution in [1.82, 2.24) is 19.3 Å². The molecule has 12 heteroatoms. The molecule has 1 amide bonds. The number of hydrogen-bond donors (Lipinski definition) is 1. The number of amides is 1. The van der Waals surface area contributed by atoms with Crippen molar-refractivity contribution >= 4 is 40.1 Å². The number of nitro groups is 1. The second-order valence-electron chi connectivity index (χ2n) is 7.51. The lowest BCUT2D eigenvalue weighted by atomic mass is 10.1. The second kappa shape index (κ2) is 8.45. The molecule has 0 radical (unpaired) electrons. The normalized spacial score (nSPS) is 14.5. The quantitative estimate of drug-likeness (QED) is 0.264. The molecule has 168 valence electrons. The van der Waals surface area contributed by atoms with Gasteiger partial charge in [-0.25, -0.2) is 9.67 Å². The first kappa shape index (κ1) is 21.4. The van der Waals surface area contributed by atoms with E-state index < -0.39 is 16.9 Å². The Morgan fingerprint density at radius 2 is 2.09 bits per heavy atom. The van der Waals surface area contributed by atoms with Crippen LogP contribution in [-0.2, 0) is 4.79 Å². The van der Waals surface area contributed by atoms with Crippen LogP contribution in [0.2, 0.25) is 0 Å². The maximum absolute atomic E-state index is 13.2. The van der Waals surface area contributed by atoms with Gasteiger partial charge in [0.2, 0.25) is 5.91 Å². The number of carbonyl (C=O) groups excluding carboxylic acids is 1. The fourth-order valence-corrected chi connectivity index (χ4v) is 4.93. The Morgan fingerprint density at radius 3 is 2.82 bits per heavy atom. The molecule has 0 fully saturated rings. The predicted octanol–water partition coefficient (Wildman–Crippen LogP) is 3.04. The standard InChI is InChI=1S/C22H15N7O4S/c23-10-13-8-15(29(32)33)6-7-18(13)25-19(30)9-16-12-34-22-26-20-17(21(31)27(16)22)11-24-28(20)14-4-2-1-3-5-14/h1-8,11,16H,9,12H2,(H,25,30). The minimum absolute atomic E-state index is 0.0161. The Bertz CT molecular complexity index is 1560. The molecule has 0 saturated heterocycles. The van der Waals surface area contributed by atoms with E-state index >= 15 is 0 Å². The van der Waals surface area contributed by atoms with E-state index in [2.05, 4.69) is 15.4 Å². The molecule has 1 aliphatic heterocycles. The number of thioether (sulfide) groups is 1. The molecule has 5 rings (SSSR count). The number of rotatable bonds is 5. The first-order chi connectivity index (χ1) is 16.5. The number of benzene rings is 2. The monoisotopic (exact) mass is 473 g/mol. The van der Waals surface area contributed by atoms with Crippen molar-refractivity contribution in [1.29, 1.82) is 5.26 Å². The van der Waals surface area contributed by atoms with Crippen LogP contribution in [0.5, 0.6) is 0 Å². The maximum atomic E-state index is 13.2. The fourth-order valence-electron chi connectivity index (χ4n) is 3.80. The zero-order chi connectivity index (χ0) is 23.8. The molecule has 1 unspecified atom stereocenters. The molecular weight excluding hydrogens is 458 g/mol. The Balaban J connectivity index is 1.41. The number of nitriles is 1. The third kappa shape index (κ3) is 3.67. The van der Waals surface area contributed by atoms with Crippen molar-refractivity contribution in [3.8, 4) is 11.8 Å². The van der Waals surface area contributed by atoms with Crippen LogP contribution >= 0.6 is 11.8 Å². The van der Waals surface area contributed by atoms with Crippen molar-refractivity contribution in [3.63, 3.8) is 0 Å². The van der Waals surface area contributed by atoms with Gasteiger partial charge in [0.25, 0.3) is 11.2 Å². The molecule has 34 heavy (non-hydrogen) atoms. The topological polar surface area (TPSA) is 149 Å². The Labute approximate surface area is 195 Å². The molecule has 3 heterocycles. The number of nitrogens with zero attached hydrogens (tertiary/aromatic N) is 6. The number of para-hydroxylation sites is 1. The summed E-state index contributed by atoms with van der Waals surface area (Å²) in [7, 11) is 0. The Morgan fingerprint density at radius 1 is 1.29 bits per heavy atom. The van der Waals surface area contributed by atoms with Gasteiger partial charge in [0.15, 0.2) is 10.8 Å². The van der Waals surface area contributed by atoms with Crippen molar-refractivity contribution in [2.45, 2.75) is 17.6 Å². The molecule has 4 aromatic rings. The zero-order valence-corrected chi connectivity index (χ0v) is 18.2. The van der Waals surface area contributed by atoms with Crippen molar-refractivity contribution in [2.24, 2.45) is 0 Å². The van der Waals surface area contributed by atoms with Gasteiger partial charge < -0.3 is 5.32 Å². The maximum Gasteiger partial charge on any atom is 0.270 e. The van der Waals surface area contributed by atoms with Gasteiger partial charge in [-0.3, -0.25) is 24.3 Å². The summed E-state index contributed by atoms with van der Waals surface area (Å²) in [6, 6.07) is 14.4. The van der Waals surface area contributed by atoms with Crippen LogP contribution in [0.15, 0.2) is 64.7 Å². The molecule has 0 spiro atoms. The van der Waals surface area contributed by atoms with E-state index in [1.165, 1.54) is 34.7 Å². The average molecular weight is 473 g/mol. The summed E-state index contributed by atoms with van der Waals surface area (Å²) in [6.07, 6.45) is 1.45. The van der Waals surface area contributed by atoms with Crippen LogP contribution in [0.25, 0.3) is 16.7 Å². The summed E-state index contributed by atoms with van der Waals surface area (Å²) >= 11 is 1.38. The van der Waals surface area contributed by atoms with E-state index in [1.54, 1.807) is 4.68 Å². The van der Waals surface area contributed by atoms with Gasteiger partial charge in [-0.1, -0.05) is 30.0 Å². The molecular formula is C22H15N7O4S. The number of nitrogens with one attached hydrogen (secondary N) is 1. The lowest BCUT2D eigenvalue weighted by Gasteiger charge is -2.14. The number of hydrogen-bond acceptors (Lipinski definition) is 8. The van der Waals surface area contributed by atoms with Crippen LogP contribution in [0.1, 0.15) is 18.0 Å². The summed E-state index contributed by atoms with van der Waals surface area (Å²) in [5.41, 5.74) is 0.868. The van der Waals surface area contributed by atoms with Gasteiger partial charge in [-0.15, -0.1) is 0 Å². The minimum atomic E-state index is -0.612. The summed E-state index contributed by atoms with van der Waals surface area (Å²) in [5.74, 6) is 0.0580. The van der Waals surface area contributed by atoms with E-state index in [9.17, 15) is 25.0 Å². The highest BCUT2D eigenvalue weighted by Gasteiger charge is 2.30. The number of anilines is 1. The highest BCUT2D eigenvalue weighted by molar-refractivity contribution is 7.99. The Kier molecular flexibility index (Phi) is 5.31. The molecule has 1 atom stereocenters. The van der Waals surface area contributed by atoms with Crippen LogP contribution in [0.4, 0.5) is 11.4 Å². The van der Waals surface area contributed by atoms with E-state index in [1.807, 2.05) is 36.4 Å². The summed E-state index contributed by atoms with van der Waals surface area (Å²) in [6.45, 7) is 0. The summed E-state index contributed by atoms with van der Waals surface area (Å²) in [4.78, 5) is 40.9. The van der Waals surface area contributed by atoms with Gasteiger partial charge in [0.05, 0.1) is 34.1 Å². The third-order valence-corrected chi connectivity index (χ3v) is 6.50. The van der Waals surface area contributed by atoms with E-state index in [-0.39, 0.29) is 28.9 Å². The van der Waals surface area contributed by atoms with Crippen LogP contribution < -0.4 is 10.9 Å². The SMILES string of the molecule is N#Cc1cc([N+](=O)[O-])ccc1NC(=O)CC1CSc2nc3c(cnn3-c3ccccc3)c(=O)n21. The molecule has 11 nitrogen and oxygen atoms in total. The number of non-ortho nitro benzene ring substituents is 1. The molecule has 0 aliphatic carbocycles. The third-order valence-electron chi connectivity index (χ3n) is 5.40. The smallest absolute Gasteiger partial charge is 0.270 e. The first-order valence-corrected chi connectivity index (χ1v) is 11.1. The number of nitro benzene ring substituents is 1. The lowest BCUT2D eigenvalue weighted by molar-refractivity contribution is -0.384. The predicted molar refractivity (Wildman–Crippen MR) is 124 cm³/mol. The van der Waals surface area contributed by atoms with Crippen molar-refractivity contribution < 1.29 is 9.72 Å². The number of carbonyl (C=O) groups is 1. The minimum Gasteiger partial charge on any atom is -0.325 e. The lowest BCUT2D eigenvalue weighted by Crippen LogP contribution is -2.27. The average Bonchev–Trinajstić information content (AvgIpc) is 3.44. The van der Waals surface area contributed by atoms with Gasteiger partial charge >= 0.3 is 0 Å². The Hall–Kier alpha value is -4.50. The van der Waals surface area contributed by atoms with Crippen LogP contribution in [0, 0.1) is 21.4 Å². The molecule has 1 N–H and O–H groups in total. The fraction of sp³-hybridized carbons (Fsp3) is 0.136. The highest BCUT2D eigenvalue weighted by Crippen LogP contribution is 2.34. The van der Waals surface area contributed by atoms with E-state index in [0.29, 0.717) is 21.9 Å². The van der Waals surface area contributed by atoms with Gasteiger partial charge in [0.1, 0.15) is 11.5 Å². The van der Waals surface area contributed by atoms with Gasteiger partial charge in [-0.05, 0) is 18.2 Å². The van der Waals surface area contributed by atoms with Crippen LogP contribution in [0.3, 0.4) is 0 Å².